The Labute approximate surface area is 112 Å². The van der Waals surface area contributed by atoms with E-state index < -0.39 is 0 Å². The summed E-state index contributed by atoms with van der Waals surface area (Å²) in [5.41, 5.74) is 5.69. The van der Waals surface area contributed by atoms with Crippen molar-refractivity contribution in [2.45, 2.75) is 13.8 Å². The Balaban J connectivity index is 2.09. The van der Waals surface area contributed by atoms with Crippen LogP contribution in [-0.2, 0) is 0 Å². The highest BCUT2D eigenvalue weighted by Crippen LogP contribution is 2.24. The quantitative estimate of drug-likeness (QED) is 0.752. The van der Waals surface area contributed by atoms with Crippen molar-refractivity contribution >= 4 is 11.0 Å². The number of aromatic amines is 1. The number of nitrogens with zero attached hydrogens (tertiary/aromatic N) is 1. The number of aryl methyl sites for hydroxylation is 2. The van der Waals surface area contributed by atoms with Crippen molar-refractivity contribution < 1.29 is 4.74 Å². The maximum absolute atomic E-state index is 5.16. The monoisotopic (exact) mass is 252 g/mol. The molecule has 0 atom stereocenters. The number of aromatic nitrogens is 2. The van der Waals surface area contributed by atoms with Crippen LogP contribution in [0.4, 0.5) is 0 Å². The standard InChI is InChI=1S/C16H16N2O/c1-10-8-14-15(9-11(10)2)18-16(17-14)12-4-6-13(19-3)7-5-12/h4-9H,1-3H3,(H,17,18). The molecule has 3 nitrogen and oxygen atoms in total. The SMILES string of the molecule is COc1ccc(-c2nc3cc(C)c(C)cc3[nH]2)cc1. The molecule has 0 amide bonds. The molecular formula is C16H16N2O. The Bertz CT molecular complexity index is 687. The molecule has 0 aliphatic rings. The molecule has 0 aliphatic carbocycles. The lowest BCUT2D eigenvalue weighted by Gasteiger charge is -2.00. The lowest BCUT2D eigenvalue weighted by molar-refractivity contribution is 0.415. The van der Waals surface area contributed by atoms with Crippen LogP contribution in [0, 0.1) is 13.8 Å². The molecule has 2 aromatic carbocycles. The maximum atomic E-state index is 5.16. The first kappa shape index (κ1) is 11.8. The van der Waals surface area contributed by atoms with E-state index in [1.54, 1.807) is 7.11 Å². The summed E-state index contributed by atoms with van der Waals surface area (Å²) in [7, 11) is 1.67. The summed E-state index contributed by atoms with van der Waals surface area (Å²) in [5.74, 6) is 1.74. The van der Waals surface area contributed by atoms with Crippen molar-refractivity contribution in [1.82, 2.24) is 9.97 Å². The third kappa shape index (κ3) is 2.08. The molecule has 0 radical (unpaired) electrons. The smallest absolute Gasteiger partial charge is 0.138 e. The second kappa shape index (κ2) is 4.43. The molecule has 1 aromatic heterocycles. The summed E-state index contributed by atoms with van der Waals surface area (Å²) in [6, 6.07) is 12.2. The molecule has 0 spiro atoms. The van der Waals surface area contributed by atoms with Gasteiger partial charge < -0.3 is 9.72 Å². The molecular weight excluding hydrogens is 236 g/mol. The van der Waals surface area contributed by atoms with Gasteiger partial charge in [-0.3, -0.25) is 0 Å². The second-order valence-electron chi connectivity index (χ2n) is 4.77. The number of ether oxygens (including phenoxy) is 1. The first-order valence-corrected chi connectivity index (χ1v) is 6.29. The molecule has 3 aromatic rings. The molecule has 3 heteroatoms. The molecule has 1 N–H and O–H groups in total. The van der Waals surface area contributed by atoms with Crippen molar-refractivity contribution in [2.75, 3.05) is 7.11 Å². The van der Waals surface area contributed by atoms with Crippen LogP contribution in [0.1, 0.15) is 11.1 Å². The molecule has 0 saturated heterocycles. The van der Waals surface area contributed by atoms with E-state index >= 15 is 0 Å². The van der Waals surface area contributed by atoms with Crippen LogP contribution >= 0.6 is 0 Å². The van der Waals surface area contributed by atoms with Gasteiger partial charge in [-0.05, 0) is 61.4 Å². The van der Waals surface area contributed by atoms with E-state index in [1.807, 2.05) is 24.3 Å². The van der Waals surface area contributed by atoms with Crippen molar-refractivity contribution in [1.29, 1.82) is 0 Å². The van der Waals surface area contributed by atoms with Crippen LogP contribution in [0.25, 0.3) is 22.4 Å². The summed E-state index contributed by atoms with van der Waals surface area (Å²) in [6.07, 6.45) is 0. The number of H-pyrrole nitrogens is 1. The predicted molar refractivity (Wildman–Crippen MR) is 77.6 cm³/mol. The Morgan fingerprint density at radius 3 is 2.37 bits per heavy atom. The van der Waals surface area contributed by atoms with Gasteiger partial charge in [0.05, 0.1) is 18.1 Å². The molecule has 19 heavy (non-hydrogen) atoms. The number of rotatable bonds is 2. The van der Waals surface area contributed by atoms with Gasteiger partial charge in [0.15, 0.2) is 0 Å². The predicted octanol–water partition coefficient (Wildman–Crippen LogP) is 3.86. The van der Waals surface area contributed by atoms with Gasteiger partial charge in [0.2, 0.25) is 0 Å². The maximum Gasteiger partial charge on any atom is 0.138 e. The summed E-state index contributed by atoms with van der Waals surface area (Å²) >= 11 is 0. The van der Waals surface area contributed by atoms with Gasteiger partial charge in [-0.2, -0.15) is 0 Å². The van der Waals surface area contributed by atoms with Crippen LogP contribution in [0.5, 0.6) is 5.75 Å². The highest BCUT2D eigenvalue weighted by Gasteiger charge is 2.06. The van der Waals surface area contributed by atoms with Crippen LogP contribution in [0.3, 0.4) is 0 Å². The second-order valence-corrected chi connectivity index (χ2v) is 4.77. The summed E-state index contributed by atoms with van der Waals surface area (Å²) in [6.45, 7) is 4.22. The van der Waals surface area contributed by atoms with Gasteiger partial charge in [0, 0.05) is 5.56 Å². The van der Waals surface area contributed by atoms with Crippen molar-refractivity contribution in [2.24, 2.45) is 0 Å². The van der Waals surface area contributed by atoms with E-state index in [1.165, 1.54) is 11.1 Å². The third-order valence-electron chi connectivity index (χ3n) is 3.46. The zero-order chi connectivity index (χ0) is 13.4. The number of benzene rings is 2. The molecule has 0 unspecified atom stereocenters. The molecule has 1 heterocycles. The van der Waals surface area contributed by atoms with Gasteiger partial charge in [-0.1, -0.05) is 0 Å². The Kier molecular flexibility index (Phi) is 2.75. The van der Waals surface area contributed by atoms with Gasteiger partial charge >= 0.3 is 0 Å². The van der Waals surface area contributed by atoms with E-state index in [0.29, 0.717) is 0 Å². The number of hydrogen-bond donors (Lipinski definition) is 1. The normalized spacial score (nSPS) is 10.9. The van der Waals surface area contributed by atoms with Crippen LogP contribution < -0.4 is 4.74 Å². The Hall–Kier alpha value is -2.29. The van der Waals surface area contributed by atoms with E-state index in [9.17, 15) is 0 Å². The molecule has 0 aliphatic heterocycles. The average molecular weight is 252 g/mol. The third-order valence-corrected chi connectivity index (χ3v) is 3.46. The zero-order valence-electron chi connectivity index (χ0n) is 11.3. The van der Waals surface area contributed by atoms with E-state index in [2.05, 4.69) is 35.9 Å². The number of hydrogen-bond acceptors (Lipinski definition) is 2. The van der Waals surface area contributed by atoms with Crippen molar-refractivity contribution in [3.8, 4) is 17.1 Å². The van der Waals surface area contributed by atoms with Crippen LogP contribution in [-0.4, -0.2) is 17.1 Å². The number of fused-ring (bicyclic) bond motifs is 1. The van der Waals surface area contributed by atoms with Crippen LogP contribution in [0.15, 0.2) is 36.4 Å². The van der Waals surface area contributed by atoms with E-state index in [4.69, 9.17) is 4.74 Å². The average Bonchev–Trinajstić information content (AvgIpc) is 2.82. The zero-order valence-corrected chi connectivity index (χ0v) is 11.3. The first-order valence-electron chi connectivity index (χ1n) is 6.29. The lowest BCUT2D eigenvalue weighted by Crippen LogP contribution is -1.83. The summed E-state index contributed by atoms with van der Waals surface area (Å²) in [4.78, 5) is 8.01. The minimum atomic E-state index is 0.853. The number of nitrogens with one attached hydrogen (secondary N) is 1. The fraction of sp³-hybridized carbons (Fsp3) is 0.188. The van der Waals surface area contributed by atoms with Crippen molar-refractivity contribution in [3.05, 3.63) is 47.5 Å². The fourth-order valence-corrected chi connectivity index (χ4v) is 2.16. The molecule has 0 saturated carbocycles. The molecule has 0 fully saturated rings. The summed E-state index contributed by atoms with van der Waals surface area (Å²) in [5, 5.41) is 0. The molecule has 3 rings (SSSR count). The highest BCUT2D eigenvalue weighted by molar-refractivity contribution is 5.81. The first-order chi connectivity index (χ1) is 9.17. The van der Waals surface area contributed by atoms with Gasteiger partial charge in [-0.25, -0.2) is 4.98 Å². The number of imidazole rings is 1. The lowest BCUT2D eigenvalue weighted by atomic mass is 10.1. The Morgan fingerprint density at radius 2 is 1.68 bits per heavy atom. The Morgan fingerprint density at radius 1 is 1.00 bits per heavy atom. The minimum absolute atomic E-state index is 0.853. The molecule has 0 bridgehead atoms. The highest BCUT2D eigenvalue weighted by atomic mass is 16.5. The molecule has 96 valence electrons. The largest absolute Gasteiger partial charge is 0.497 e. The van der Waals surface area contributed by atoms with Gasteiger partial charge in [-0.15, -0.1) is 0 Å². The minimum Gasteiger partial charge on any atom is -0.497 e. The van der Waals surface area contributed by atoms with E-state index in [0.717, 1.165) is 28.2 Å². The van der Waals surface area contributed by atoms with Crippen molar-refractivity contribution in [3.63, 3.8) is 0 Å². The number of methoxy groups -OCH3 is 1. The van der Waals surface area contributed by atoms with E-state index in [-0.39, 0.29) is 0 Å². The fourth-order valence-electron chi connectivity index (χ4n) is 2.16. The summed E-state index contributed by atoms with van der Waals surface area (Å²) < 4.78 is 5.16. The van der Waals surface area contributed by atoms with Gasteiger partial charge in [0.25, 0.3) is 0 Å². The topological polar surface area (TPSA) is 37.9 Å². The van der Waals surface area contributed by atoms with Crippen LogP contribution in [0.2, 0.25) is 0 Å². The van der Waals surface area contributed by atoms with Gasteiger partial charge in [0.1, 0.15) is 11.6 Å².